The molecule has 0 N–H and O–H groups in total. The molecule has 5 nitrogen and oxygen atoms in total. The van der Waals surface area contributed by atoms with Gasteiger partial charge in [0.15, 0.2) is 0 Å². The molecule has 1 saturated carbocycles. The highest BCUT2D eigenvalue weighted by molar-refractivity contribution is 9.10. The van der Waals surface area contributed by atoms with E-state index in [9.17, 15) is 4.79 Å². The molecule has 1 fully saturated rings. The van der Waals surface area contributed by atoms with Crippen LogP contribution in [0, 0.1) is 5.92 Å². The number of carbonyl (C=O) groups is 1. The van der Waals surface area contributed by atoms with Gasteiger partial charge in [-0.2, -0.15) is 0 Å². The minimum absolute atomic E-state index is 0.0115. The molecule has 0 radical (unpaired) electrons. The number of hydrogen-bond acceptors (Lipinski definition) is 5. The molecule has 1 aliphatic rings. The lowest BCUT2D eigenvalue weighted by Gasteiger charge is -2.28. The van der Waals surface area contributed by atoms with Crippen LogP contribution in [0.15, 0.2) is 29.1 Å². The quantitative estimate of drug-likeness (QED) is 0.755. The van der Waals surface area contributed by atoms with Crippen molar-refractivity contribution in [1.82, 2.24) is 9.97 Å². The van der Waals surface area contributed by atoms with Gasteiger partial charge < -0.3 is 9.47 Å². The van der Waals surface area contributed by atoms with Crippen molar-refractivity contribution in [2.75, 3.05) is 6.61 Å². The van der Waals surface area contributed by atoms with E-state index in [1.807, 2.05) is 19.1 Å². The van der Waals surface area contributed by atoms with Crippen molar-refractivity contribution in [1.29, 1.82) is 0 Å². The summed E-state index contributed by atoms with van der Waals surface area (Å²) < 4.78 is 12.2. The fraction of sp³-hybridized carbons (Fsp3) is 0.471. The summed E-state index contributed by atoms with van der Waals surface area (Å²) in [7, 11) is 0. The van der Waals surface area contributed by atoms with Crippen LogP contribution in [0.4, 0.5) is 0 Å². The molecular formula is C17H19BrN2O3. The van der Waals surface area contributed by atoms with E-state index in [0.717, 1.165) is 46.8 Å². The zero-order valence-corrected chi connectivity index (χ0v) is 14.6. The van der Waals surface area contributed by atoms with Gasteiger partial charge in [0.05, 0.1) is 29.5 Å². The molecule has 0 spiro atoms. The number of aromatic nitrogens is 2. The van der Waals surface area contributed by atoms with Crippen LogP contribution in [-0.4, -0.2) is 28.6 Å². The molecule has 122 valence electrons. The molecule has 0 unspecified atom stereocenters. The largest absolute Gasteiger partial charge is 0.490 e. The normalized spacial score (nSPS) is 21.1. The first-order valence-electron chi connectivity index (χ1n) is 7.90. The van der Waals surface area contributed by atoms with Crippen molar-refractivity contribution in [3.8, 4) is 5.75 Å². The molecule has 1 aromatic heterocycles. The van der Waals surface area contributed by atoms with E-state index >= 15 is 0 Å². The second-order valence-corrected chi connectivity index (χ2v) is 6.62. The monoisotopic (exact) mass is 378 g/mol. The van der Waals surface area contributed by atoms with Crippen molar-refractivity contribution >= 4 is 32.8 Å². The number of ether oxygens (including phenoxy) is 2. The van der Waals surface area contributed by atoms with E-state index in [1.54, 1.807) is 6.20 Å². The summed E-state index contributed by atoms with van der Waals surface area (Å²) in [6, 6.07) is 3.89. The Morgan fingerprint density at radius 3 is 2.83 bits per heavy atom. The molecule has 2 aromatic rings. The molecule has 0 saturated heterocycles. The first-order valence-corrected chi connectivity index (χ1v) is 8.69. The summed E-state index contributed by atoms with van der Waals surface area (Å²) in [6.45, 7) is 2.28. The van der Waals surface area contributed by atoms with Gasteiger partial charge in [-0.25, -0.2) is 9.97 Å². The second kappa shape index (κ2) is 7.25. The number of hydrogen-bond donors (Lipinski definition) is 0. The molecule has 23 heavy (non-hydrogen) atoms. The molecule has 3 rings (SSSR count). The third-order valence-electron chi connectivity index (χ3n) is 4.14. The summed E-state index contributed by atoms with van der Waals surface area (Å²) >= 11 is 3.49. The molecular weight excluding hydrogens is 360 g/mol. The molecule has 0 atom stereocenters. The minimum Gasteiger partial charge on any atom is -0.490 e. The minimum atomic E-state index is -0.0766. The lowest BCUT2D eigenvalue weighted by atomic mass is 9.87. The van der Waals surface area contributed by atoms with Crippen LogP contribution >= 0.6 is 15.9 Å². The maximum Gasteiger partial charge on any atom is 0.308 e. The Morgan fingerprint density at radius 1 is 1.30 bits per heavy atom. The number of benzene rings is 1. The molecule has 0 amide bonds. The summed E-state index contributed by atoms with van der Waals surface area (Å²) in [5, 5.41) is 0.906. The van der Waals surface area contributed by atoms with Crippen LogP contribution in [0.25, 0.3) is 10.9 Å². The Morgan fingerprint density at radius 2 is 2.09 bits per heavy atom. The Balaban J connectivity index is 1.68. The highest BCUT2D eigenvalue weighted by atomic mass is 79.9. The molecule has 1 aromatic carbocycles. The Hall–Kier alpha value is -1.69. The number of fused-ring (bicyclic) bond motifs is 1. The molecule has 1 heterocycles. The highest BCUT2D eigenvalue weighted by Gasteiger charge is 2.28. The van der Waals surface area contributed by atoms with E-state index in [1.165, 1.54) is 6.33 Å². The predicted molar refractivity (Wildman–Crippen MR) is 90.2 cm³/mol. The third kappa shape index (κ3) is 3.80. The number of nitrogens with zero attached hydrogens (tertiary/aromatic N) is 2. The number of halogens is 1. The van der Waals surface area contributed by atoms with E-state index < -0.39 is 0 Å². The molecule has 0 aliphatic heterocycles. The SMILES string of the molecule is CCOC(=O)[C@H]1CC[C@@H](Oc2cc(Br)cc3ncncc23)CC1. The van der Waals surface area contributed by atoms with Crippen LogP contribution in [0.2, 0.25) is 0 Å². The van der Waals surface area contributed by atoms with Gasteiger partial charge in [0.1, 0.15) is 12.1 Å². The Labute approximate surface area is 143 Å². The zero-order chi connectivity index (χ0) is 16.2. The van der Waals surface area contributed by atoms with Crippen molar-refractivity contribution < 1.29 is 14.3 Å². The van der Waals surface area contributed by atoms with E-state index in [-0.39, 0.29) is 18.0 Å². The van der Waals surface area contributed by atoms with Crippen molar-refractivity contribution in [3.63, 3.8) is 0 Å². The maximum atomic E-state index is 11.8. The maximum absolute atomic E-state index is 11.8. The van der Waals surface area contributed by atoms with E-state index in [2.05, 4.69) is 25.9 Å². The Bertz CT molecular complexity index is 699. The fourth-order valence-corrected chi connectivity index (χ4v) is 3.40. The molecule has 0 bridgehead atoms. The lowest BCUT2D eigenvalue weighted by molar-refractivity contribution is -0.149. The van der Waals surface area contributed by atoms with Gasteiger partial charge in [0.2, 0.25) is 0 Å². The topological polar surface area (TPSA) is 61.3 Å². The lowest BCUT2D eigenvalue weighted by Crippen LogP contribution is -2.29. The van der Waals surface area contributed by atoms with Crippen molar-refractivity contribution in [2.24, 2.45) is 5.92 Å². The van der Waals surface area contributed by atoms with Gasteiger partial charge in [0.25, 0.3) is 0 Å². The second-order valence-electron chi connectivity index (χ2n) is 5.70. The Kier molecular flexibility index (Phi) is 5.10. The van der Waals surface area contributed by atoms with Gasteiger partial charge in [-0.15, -0.1) is 0 Å². The zero-order valence-electron chi connectivity index (χ0n) is 13.0. The van der Waals surface area contributed by atoms with E-state index in [0.29, 0.717) is 6.61 Å². The summed E-state index contributed by atoms with van der Waals surface area (Å²) in [4.78, 5) is 20.2. The average molecular weight is 379 g/mol. The fourth-order valence-electron chi connectivity index (χ4n) is 2.97. The van der Waals surface area contributed by atoms with Gasteiger partial charge in [-0.3, -0.25) is 4.79 Å². The smallest absolute Gasteiger partial charge is 0.308 e. The number of carbonyl (C=O) groups excluding carboxylic acids is 1. The van der Waals surface area contributed by atoms with Gasteiger partial charge >= 0.3 is 5.97 Å². The van der Waals surface area contributed by atoms with Crippen LogP contribution in [0.3, 0.4) is 0 Å². The first-order chi connectivity index (χ1) is 11.2. The van der Waals surface area contributed by atoms with Crippen molar-refractivity contribution in [3.05, 3.63) is 29.1 Å². The van der Waals surface area contributed by atoms with Crippen LogP contribution in [-0.2, 0) is 9.53 Å². The van der Waals surface area contributed by atoms with Crippen molar-refractivity contribution in [2.45, 2.75) is 38.7 Å². The van der Waals surface area contributed by atoms with Crippen LogP contribution < -0.4 is 4.74 Å². The summed E-state index contributed by atoms with van der Waals surface area (Å²) in [5.74, 6) is 0.721. The summed E-state index contributed by atoms with van der Waals surface area (Å²) in [6.07, 6.45) is 6.74. The number of esters is 1. The van der Waals surface area contributed by atoms with E-state index in [4.69, 9.17) is 9.47 Å². The van der Waals surface area contributed by atoms with Gasteiger partial charge in [0, 0.05) is 10.7 Å². The standard InChI is InChI=1S/C17H19BrN2O3/c1-2-22-17(21)11-3-5-13(6-4-11)23-16-8-12(18)7-15-14(16)9-19-10-20-15/h7-11,13H,2-6H2,1H3/t11-,13+. The molecule has 1 aliphatic carbocycles. The molecule has 6 heteroatoms. The van der Waals surface area contributed by atoms with Gasteiger partial charge in [-0.1, -0.05) is 15.9 Å². The highest BCUT2D eigenvalue weighted by Crippen LogP contribution is 2.33. The van der Waals surface area contributed by atoms with Crippen LogP contribution in [0.1, 0.15) is 32.6 Å². The van der Waals surface area contributed by atoms with Gasteiger partial charge in [-0.05, 0) is 44.7 Å². The average Bonchev–Trinajstić information content (AvgIpc) is 2.55. The number of rotatable bonds is 4. The van der Waals surface area contributed by atoms with Crippen LogP contribution in [0.5, 0.6) is 5.75 Å². The summed E-state index contributed by atoms with van der Waals surface area (Å²) in [5.41, 5.74) is 0.851. The predicted octanol–water partition coefficient (Wildman–Crippen LogP) is 3.89. The first kappa shape index (κ1) is 16.2. The third-order valence-corrected chi connectivity index (χ3v) is 4.60.